The van der Waals surface area contributed by atoms with Crippen LogP contribution in [0.1, 0.15) is 41.5 Å². The summed E-state index contributed by atoms with van der Waals surface area (Å²) < 4.78 is 12.7. The molecule has 5 rings (SSSR count). The third-order valence-corrected chi connectivity index (χ3v) is 13.9. The molecule has 1 aliphatic rings. The number of rotatable bonds is 2. The first-order chi connectivity index (χ1) is 14.6. The van der Waals surface area contributed by atoms with Crippen LogP contribution in [0.15, 0.2) is 78.9 Å². The summed E-state index contributed by atoms with van der Waals surface area (Å²) in [5.41, 5.74) is 2.48. The summed E-state index contributed by atoms with van der Waals surface area (Å²) >= 11 is 0. The monoisotopic (exact) mass is 430 g/mol. The van der Waals surface area contributed by atoms with Crippen molar-refractivity contribution in [2.75, 3.05) is 0 Å². The van der Waals surface area contributed by atoms with Crippen molar-refractivity contribution in [2.24, 2.45) is 0 Å². The molecule has 0 unspecified atom stereocenters. The molecule has 0 atom stereocenters. The number of hydrogen-bond donors (Lipinski definition) is 0. The van der Waals surface area contributed by atoms with Crippen molar-refractivity contribution in [3.8, 4) is 11.1 Å². The second-order valence-electron chi connectivity index (χ2n) is 10.7. The summed E-state index contributed by atoms with van der Waals surface area (Å²) in [6.45, 7) is 13.6. The molecular weight excluding hydrogens is 399 g/mol. The Balaban J connectivity index is 2.00. The summed E-state index contributed by atoms with van der Waals surface area (Å²) in [5.74, 6) is 0. The molecule has 1 heterocycles. The Morgan fingerprint density at radius 3 is 1.65 bits per heavy atom. The minimum atomic E-state index is -3.22. The van der Waals surface area contributed by atoms with Crippen LogP contribution in [-0.2, 0) is 9.35 Å². The van der Waals surface area contributed by atoms with Gasteiger partial charge in [-0.15, -0.1) is 0 Å². The van der Waals surface area contributed by atoms with Crippen molar-refractivity contribution < 1.29 is 9.35 Å². The van der Waals surface area contributed by atoms with Crippen LogP contribution in [0.25, 0.3) is 32.7 Å². The fraction of sp³-hybridized carbons (Fsp3) is 0.286. The van der Waals surface area contributed by atoms with Crippen molar-refractivity contribution in [1.82, 2.24) is 0 Å². The first kappa shape index (κ1) is 20.6. The molecule has 0 amide bonds. The molecule has 3 heteroatoms. The molecular formula is C28H31O2P. The van der Waals surface area contributed by atoms with E-state index in [0.29, 0.717) is 0 Å². The summed E-state index contributed by atoms with van der Waals surface area (Å²) in [5, 5.41) is 5.84. The van der Waals surface area contributed by atoms with Crippen molar-refractivity contribution in [3.63, 3.8) is 0 Å². The SMILES string of the molecule is CC(C)(C)P1(c2ccc3ccccc3c2-c2cccc3ccccc23)(C(C)(C)C)OO1. The van der Waals surface area contributed by atoms with Gasteiger partial charge in [0.05, 0.1) is 0 Å². The van der Waals surface area contributed by atoms with E-state index in [1.807, 2.05) is 0 Å². The fourth-order valence-corrected chi connectivity index (χ4v) is 11.5. The molecule has 1 aliphatic heterocycles. The van der Waals surface area contributed by atoms with Gasteiger partial charge < -0.3 is 0 Å². The van der Waals surface area contributed by atoms with Gasteiger partial charge in [-0.2, -0.15) is 0 Å². The Morgan fingerprint density at radius 2 is 1.06 bits per heavy atom. The van der Waals surface area contributed by atoms with Crippen LogP contribution in [0.5, 0.6) is 0 Å². The van der Waals surface area contributed by atoms with Gasteiger partial charge in [0.15, 0.2) is 0 Å². The average Bonchev–Trinajstić information content (AvgIpc) is 3.52. The van der Waals surface area contributed by atoms with Crippen LogP contribution >= 0.6 is 7.06 Å². The van der Waals surface area contributed by atoms with E-state index in [0.717, 1.165) is 0 Å². The van der Waals surface area contributed by atoms with Crippen molar-refractivity contribution in [2.45, 2.75) is 51.9 Å². The number of hydrogen-bond acceptors (Lipinski definition) is 2. The maximum absolute atomic E-state index is 6.35. The van der Waals surface area contributed by atoms with E-state index in [4.69, 9.17) is 9.35 Å². The van der Waals surface area contributed by atoms with E-state index in [-0.39, 0.29) is 10.3 Å². The van der Waals surface area contributed by atoms with Gasteiger partial charge in [-0.25, -0.2) is 0 Å². The summed E-state index contributed by atoms with van der Waals surface area (Å²) in [4.78, 5) is 0. The van der Waals surface area contributed by atoms with E-state index >= 15 is 0 Å². The van der Waals surface area contributed by atoms with Gasteiger partial charge in [-0.05, 0) is 0 Å². The average molecular weight is 431 g/mol. The van der Waals surface area contributed by atoms with Gasteiger partial charge in [-0.1, -0.05) is 0 Å². The molecule has 0 N–H and O–H groups in total. The zero-order valence-corrected chi connectivity index (χ0v) is 20.2. The molecule has 0 radical (unpaired) electrons. The van der Waals surface area contributed by atoms with E-state index in [1.165, 1.54) is 38.0 Å². The Bertz CT molecular complexity index is 1300. The Kier molecular flexibility index (Phi) is 4.25. The van der Waals surface area contributed by atoms with Crippen LogP contribution in [0.3, 0.4) is 0 Å². The second kappa shape index (κ2) is 6.39. The van der Waals surface area contributed by atoms with Gasteiger partial charge >= 0.3 is 185 Å². The number of fused-ring (bicyclic) bond motifs is 2. The van der Waals surface area contributed by atoms with Crippen LogP contribution in [0, 0.1) is 0 Å². The third-order valence-electron chi connectivity index (χ3n) is 7.14. The predicted octanol–water partition coefficient (Wildman–Crippen LogP) is 8.23. The Labute approximate surface area is 185 Å². The zero-order valence-electron chi connectivity index (χ0n) is 19.3. The molecule has 31 heavy (non-hydrogen) atoms. The molecule has 4 aromatic carbocycles. The van der Waals surface area contributed by atoms with Gasteiger partial charge in [0, 0.05) is 0 Å². The standard InChI is InChI=1S/C28H31O2P/c1-27(2,3)31(29-30-31,28(4,5)6)25-19-18-21-13-8-10-16-23(21)26(25)24-17-11-14-20-12-7-9-15-22(20)24/h7-19H,1-6H3. The van der Waals surface area contributed by atoms with Crippen LogP contribution < -0.4 is 5.30 Å². The Morgan fingerprint density at radius 1 is 0.548 bits per heavy atom. The van der Waals surface area contributed by atoms with Crippen molar-refractivity contribution in [1.29, 1.82) is 0 Å². The van der Waals surface area contributed by atoms with E-state index in [9.17, 15) is 0 Å². The third kappa shape index (κ3) is 2.50. The van der Waals surface area contributed by atoms with Crippen LogP contribution in [0.2, 0.25) is 0 Å². The molecule has 2 nitrogen and oxygen atoms in total. The first-order valence-corrected chi connectivity index (χ1v) is 13.1. The second-order valence-corrected chi connectivity index (χ2v) is 16.0. The molecule has 1 fully saturated rings. The van der Waals surface area contributed by atoms with E-state index in [1.54, 1.807) is 0 Å². The molecule has 0 aromatic heterocycles. The minimum absolute atomic E-state index is 0.175. The molecule has 0 saturated carbocycles. The van der Waals surface area contributed by atoms with Gasteiger partial charge in [-0.3, -0.25) is 0 Å². The zero-order chi connectivity index (χ0) is 22.1. The first-order valence-electron chi connectivity index (χ1n) is 11.0. The predicted molar refractivity (Wildman–Crippen MR) is 135 cm³/mol. The van der Waals surface area contributed by atoms with Gasteiger partial charge in [0.1, 0.15) is 0 Å². The summed E-state index contributed by atoms with van der Waals surface area (Å²) in [6, 6.07) is 28.4. The van der Waals surface area contributed by atoms with Crippen molar-refractivity contribution >= 4 is 33.9 Å². The normalized spacial score (nSPS) is 19.1. The maximum atomic E-state index is 6.35. The van der Waals surface area contributed by atoms with Crippen LogP contribution in [0.4, 0.5) is 0 Å². The quantitative estimate of drug-likeness (QED) is 0.182. The summed E-state index contributed by atoms with van der Waals surface area (Å²) in [6.07, 6.45) is 0. The van der Waals surface area contributed by atoms with E-state index in [2.05, 4.69) is 120 Å². The molecule has 160 valence electrons. The molecule has 4 aromatic rings. The molecule has 0 aliphatic carbocycles. The van der Waals surface area contributed by atoms with Crippen molar-refractivity contribution in [3.05, 3.63) is 78.9 Å². The molecule has 0 bridgehead atoms. The van der Waals surface area contributed by atoms with Gasteiger partial charge in [0.25, 0.3) is 0 Å². The topological polar surface area (TPSA) is 25.1 Å². The van der Waals surface area contributed by atoms with Gasteiger partial charge in [0.2, 0.25) is 0 Å². The number of benzene rings is 4. The molecule has 1 saturated heterocycles. The molecule has 0 spiro atoms. The van der Waals surface area contributed by atoms with E-state index < -0.39 is 7.06 Å². The van der Waals surface area contributed by atoms with Crippen LogP contribution in [-0.4, -0.2) is 10.3 Å². The Hall–Kier alpha value is -2.25. The fourth-order valence-electron chi connectivity index (χ4n) is 5.63. The summed E-state index contributed by atoms with van der Waals surface area (Å²) in [7, 11) is -3.22.